The molecule has 88 valence electrons. The van der Waals surface area contributed by atoms with Crippen LogP contribution in [0.3, 0.4) is 0 Å². The van der Waals surface area contributed by atoms with E-state index in [0.29, 0.717) is 0 Å². The lowest BCUT2D eigenvalue weighted by Gasteiger charge is -2.11. The van der Waals surface area contributed by atoms with Crippen molar-refractivity contribution in [2.75, 3.05) is 17.7 Å². The Balaban J connectivity index is 2.27. The van der Waals surface area contributed by atoms with Crippen molar-refractivity contribution in [3.63, 3.8) is 0 Å². The van der Waals surface area contributed by atoms with Gasteiger partial charge in [-0.25, -0.2) is 0 Å². The zero-order valence-electron chi connectivity index (χ0n) is 10.5. The van der Waals surface area contributed by atoms with E-state index in [1.165, 1.54) is 16.8 Å². The van der Waals surface area contributed by atoms with Gasteiger partial charge in [0.1, 0.15) is 0 Å². The molecule has 2 heteroatoms. The van der Waals surface area contributed by atoms with E-state index >= 15 is 0 Å². The summed E-state index contributed by atoms with van der Waals surface area (Å²) in [4.78, 5) is 0. The Bertz CT molecular complexity index is 518. The second-order valence-electron chi connectivity index (χ2n) is 4.27. The third kappa shape index (κ3) is 2.78. The molecule has 0 unspecified atom stereocenters. The van der Waals surface area contributed by atoms with Crippen molar-refractivity contribution in [2.24, 2.45) is 0 Å². The predicted octanol–water partition coefficient (Wildman–Crippen LogP) is 4.09. The zero-order chi connectivity index (χ0) is 12.3. The molecule has 0 aromatic heterocycles. The molecule has 0 atom stereocenters. The predicted molar refractivity (Wildman–Crippen MR) is 75.2 cm³/mol. The van der Waals surface area contributed by atoms with E-state index in [-0.39, 0.29) is 0 Å². The van der Waals surface area contributed by atoms with Gasteiger partial charge in [0, 0.05) is 24.1 Å². The highest BCUT2D eigenvalue weighted by Crippen LogP contribution is 2.23. The molecular formula is C15H18N2. The Morgan fingerprint density at radius 3 is 2.41 bits per heavy atom. The van der Waals surface area contributed by atoms with E-state index in [1.54, 1.807) is 0 Å². The normalized spacial score (nSPS) is 10.1. The smallest absolute Gasteiger partial charge is 0.0416 e. The number of nitrogens with one attached hydrogen (secondary N) is 2. The van der Waals surface area contributed by atoms with E-state index < -0.39 is 0 Å². The van der Waals surface area contributed by atoms with Gasteiger partial charge in [-0.1, -0.05) is 18.2 Å². The van der Waals surface area contributed by atoms with E-state index in [4.69, 9.17) is 0 Å². The first kappa shape index (κ1) is 11.5. The lowest BCUT2D eigenvalue weighted by Crippen LogP contribution is -1.95. The Labute approximate surface area is 103 Å². The minimum atomic E-state index is 1.10. The summed E-state index contributed by atoms with van der Waals surface area (Å²) in [6.07, 6.45) is 0. The SMILES string of the molecule is CNc1cccc(Nc2cc(C)ccc2C)c1. The van der Waals surface area contributed by atoms with Gasteiger partial charge in [-0.3, -0.25) is 0 Å². The fourth-order valence-corrected chi connectivity index (χ4v) is 1.78. The first-order chi connectivity index (χ1) is 8.19. The molecule has 17 heavy (non-hydrogen) atoms. The Morgan fingerprint density at radius 1 is 0.882 bits per heavy atom. The number of hydrogen-bond donors (Lipinski definition) is 2. The van der Waals surface area contributed by atoms with E-state index in [0.717, 1.165) is 11.4 Å². The highest BCUT2D eigenvalue weighted by atomic mass is 14.9. The Hall–Kier alpha value is -1.96. The van der Waals surface area contributed by atoms with E-state index in [1.807, 2.05) is 19.2 Å². The van der Waals surface area contributed by atoms with Crippen LogP contribution in [0.25, 0.3) is 0 Å². The zero-order valence-corrected chi connectivity index (χ0v) is 10.5. The average molecular weight is 226 g/mol. The maximum atomic E-state index is 3.45. The topological polar surface area (TPSA) is 24.1 Å². The molecule has 2 aromatic rings. The van der Waals surface area contributed by atoms with Crippen LogP contribution in [0, 0.1) is 13.8 Å². The molecule has 2 N–H and O–H groups in total. The molecule has 0 fully saturated rings. The molecule has 0 aliphatic carbocycles. The van der Waals surface area contributed by atoms with Crippen molar-refractivity contribution in [2.45, 2.75) is 13.8 Å². The summed E-state index contributed by atoms with van der Waals surface area (Å²) in [5.74, 6) is 0. The molecule has 2 aromatic carbocycles. The first-order valence-corrected chi connectivity index (χ1v) is 5.81. The van der Waals surface area contributed by atoms with Crippen molar-refractivity contribution >= 4 is 17.1 Å². The second kappa shape index (κ2) is 4.91. The van der Waals surface area contributed by atoms with Gasteiger partial charge >= 0.3 is 0 Å². The molecule has 2 rings (SSSR count). The van der Waals surface area contributed by atoms with Crippen LogP contribution >= 0.6 is 0 Å². The van der Waals surface area contributed by atoms with Crippen LogP contribution in [0.15, 0.2) is 42.5 Å². The number of anilines is 3. The highest BCUT2D eigenvalue weighted by Gasteiger charge is 2.00. The van der Waals surface area contributed by atoms with Gasteiger partial charge in [0.2, 0.25) is 0 Å². The van der Waals surface area contributed by atoms with Crippen LogP contribution in [-0.4, -0.2) is 7.05 Å². The summed E-state index contributed by atoms with van der Waals surface area (Å²) >= 11 is 0. The number of benzene rings is 2. The molecule has 0 radical (unpaired) electrons. The fraction of sp³-hybridized carbons (Fsp3) is 0.200. The standard InChI is InChI=1S/C15H18N2/c1-11-7-8-12(2)15(9-11)17-14-6-4-5-13(10-14)16-3/h4-10,16-17H,1-3H3. The molecule has 0 heterocycles. The molecule has 0 aliphatic rings. The van der Waals surface area contributed by atoms with Crippen molar-refractivity contribution in [3.05, 3.63) is 53.6 Å². The molecule has 0 saturated carbocycles. The van der Waals surface area contributed by atoms with Crippen LogP contribution in [-0.2, 0) is 0 Å². The number of rotatable bonds is 3. The minimum Gasteiger partial charge on any atom is -0.388 e. The average Bonchev–Trinajstić information content (AvgIpc) is 2.34. The Kier molecular flexibility index (Phi) is 3.33. The van der Waals surface area contributed by atoms with E-state index in [2.05, 4.69) is 54.8 Å². The van der Waals surface area contributed by atoms with Gasteiger partial charge in [0.25, 0.3) is 0 Å². The van der Waals surface area contributed by atoms with Crippen LogP contribution in [0.2, 0.25) is 0 Å². The van der Waals surface area contributed by atoms with Gasteiger partial charge in [-0.05, 0) is 49.2 Å². The molecular weight excluding hydrogens is 208 g/mol. The molecule has 2 nitrogen and oxygen atoms in total. The van der Waals surface area contributed by atoms with Crippen LogP contribution in [0.1, 0.15) is 11.1 Å². The number of aryl methyl sites for hydroxylation is 2. The minimum absolute atomic E-state index is 1.10. The van der Waals surface area contributed by atoms with Gasteiger partial charge in [0.15, 0.2) is 0 Å². The van der Waals surface area contributed by atoms with E-state index in [9.17, 15) is 0 Å². The lowest BCUT2D eigenvalue weighted by atomic mass is 10.1. The summed E-state index contributed by atoms with van der Waals surface area (Å²) in [5.41, 5.74) is 5.90. The van der Waals surface area contributed by atoms with Crippen molar-refractivity contribution in [3.8, 4) is 0 Å². The van der Waals surface area contributed by atoms with Crippen LogP contribution < -0.4 is 10.6 Å². The second-order valence-corrected chi connectivity index (χ2v) is 4.27. The van der Waals surface area contributed by atoms with Gasteiger partial charge in [0.05, 0.1) is 0 Å². The molecule has 0 spiro atoms. The Morgan fingerprint density at radius 2 is 1.65 bits per heavy atom. The lowest BCUT2D eigenvalue weighted by molar-refractivity contribution is 1.37. The molecule has 0 amide bonds. The summed E-state index contributed by atoms with van der Waals surface area (Å²) in [6, 6.07) is 14.7. The van der Waals surface area contributed by atoms with Crippen LogP contribution in [0.4, 0.5) is 17.1 Å². The maximum absolute atomic E-state index is 3.45. The highest BCUT2D eigenvalue weighted by molar-refractivity contribution is 5.67. The fourth-order valence-electron chi connectivity index (χ4n) is 1.78. The molecule has 0 aliphatic heterocycles. The van der Waals surface area contributed by atoms with Gasteiger partial charge < -0.3 is 10.6 Å². The van der Waals surface area contributed by atoms with Gasteiger partial charge in [-0.15, -0.1) is 0 Å². The first-order valence-electron chi connectivity index (χ1n) is 5.81. The summed E-state index contributed by atoms with van der Waals surface area (Å²) in [6.45, 7) is 4.22. The van der Waals surface area contributed by atoms with Crippen molar-refractivity contribution in [1.82, 2.24) is 0 Å². The third-order valence-corrected chi connectivity index (χ3v) is 2.82. The quantitative estimate of drug-likeness (QED) is 0.823. The monoisotopic (exact) mass is 226 g/mol. The van der Waals surface area contributed by atoms with Crippen LogP contribution in [0.5, 0.6) is 0 Å². The summed E-state index contributed by atoms with van der Waals surface area (Å²) in [7, 11) is 1.93. The van der Waals surface area contributed by atoms with Gasteiger partial charge in [-0.2, -0.15) is 0 Å². The van der Waals surface area contributed by atoms with Crippen molar-refractivity contribution < 1.29 is 0 Å². The maximum Gasteiger partial charge on any atom is 0.0416 e. The summed E-state index contributed by atoms with van der Waals surface area (Å²) in [5, 5.41) is 6.59. The summed E-state index contributed by atoms with van der Waals surface area (Å²) < 4.78 is 0. The number of hydrogen-bond acceptors (Lipinski definition) is 2. The third-order valence-electron chi connectivity index (χ3n) is 2.82. The largest absolute Gasteiger partial charge is 0.388 e. The molecule has 0 bridgehead atoms. The molecule has 0 saturated heterocycles. The van der Waals surface area contributed by atoms with Crippen molar-refractivity contribution in [1.29, 1.82) is 0 Å².